The van der Waals surface area contributed by atoms with Crippen molar-refractivity contribution in [2.45, 2.75) is 51.8 Å². The van der Waals surface area contributed by atoms with Crippen LogP contribution in [0.1, 0.15) is 45.3 Å². The van der Waals surface area contributed by atoms with Gasteiger partial charge < -0.3 is 34.1 Å². The first kappa shape index (κ1) is 30.8. The molecule has 2 aliphatic heterocycles. The van der Waals surface area contributed by atoms with Crippen molar-refractivity contribution in [2.24, 2.45) is 5.41 Å². The van der Waals surface area contributed by atoms with E-state index in [1.807, 2.05) is 20.8 Å². The number of halogens is 1. The van der Waals surface area contributed by atoms with Crippen LogP contribution in [0.3, 0.4) is 0 Å². The number of ether oxygens (including phenoxy) is 4. The largest absolute Gasteiger partial charge is 0.487 e. The number of pyridine rings is 1. The van der Waals surface area contributed by atoms with Gasteiger partial charge in [0.1, 0.15) is 31.4 Å². The van der Waals surface area contributed by atoms with Gasteiger partial charge in [-0.2, -0.15) is 0 Å². The molecule has 0 bridgehead atoms. The highest BCUT2D eigenvalue weighted by Crippen LogP contribution is 2.42. The Kier molecular flexibility index (Phi) is 9.28. The first-order chi connectivity index (χ1) is 20.5. The Hall–Kier alpha value is -3.61. The monoisotopic (exact) mass is 615 g/mol. The standard InChI is InChI=1S/C30H38ClN5O7/c1-30(2,3)28(22-13-23-24(14-32-22)42-12-11-41-23)36(29(38)39)18-7-9-35(10-8-18)16-19(37)17-43-27-20(31)5-6-21-26(27)34-25(40-4)15-33-21/h5-6,13-15,18-19,28,37H,7-12,16-17H2,1-4H3,(H,38,39). The summed E-state index contributed by atoms with van der Waals surface area (Å²) in [5, 5.41) is 21.6. The molecule has 3 aromatic rings. The molecule has 2 N–H and O–H groups in total. The zero-order valence-corrected chi connectivity index (χ0v) is 25.6. The van der Waals surface area contributed by atoms with E-state index in [1.54, 1.807) is 29.3 Å². The number of amides is 1. The predicted molar refractivity (Wildman–Crippen MR) is 159 cm³/mol. The molecule has 1 amide bonds. The molecule has 1 fully saturated rings. The quantitative estimate of drug-likeness (QED) is 0.353. The Bertz CT molecular complexity index is 1440. The van der Waals surface area contributed by atoms with Crippen LogP contribution in [0.2, 0.25) is 5.02 Å². The number of piperidine rings is 1. The van der Waals surface area contributed by atoms with Gasteiger partial charge in [0.25, 0.3) is 0 Å². The Morgan fingerprint density at radius 2 is 1.88 bits per heavy atom. The maximum atomic E-state index is 12.7. The number of methoxy groups -OCH3 is 1. The number of benzene rings is 1. The van der Waals surface area contributed by atoms with Crippen LogP contribution < -0.4 is 18.9 Å². The van der Waals surface area contributed by atoms with Gasteiger partial charge in [0, 0.05) is 31.7 Å². The number of β-amino-alcohol motifs (C(OH)–C–C–N with tert-alkyl or cyclic N) is 1. The van der Waals surface area contributed by atoms with Crippen LogP contribution in [0.5, 0.6) is 23.1 Å². The molecule has 0 aliphatic carbocycles. The van der Waals surface area contributed by atoms with Gasteiger partial charge in [-0.3, -0.25) is 9.88 Å². The smallest absolute Gasteiger partial charge is 0.408 e. The Morgan fingerprint density at radius 1 is 1.16 bits per heavy atom. The average Bonchev–Trinajstić information content (AvgIpc) is 2.98. The minimum atomic E-state index is -0.991. The van der Waals surface area contributed by atoms with Crippen LogP contribution in [-0.4, -0.2) is 99.8 Å². The third kappa shape index (κ3) is 6.97. The number of carboxylic acid groups (broad SMARTS) is 1. The Labute approximate surface area is 255 Å². The lowest BCUT2D eigenvalue weighted by Crippen LogP contribution is -2.52. The van der Waals surface area contributed by atoms with Crippen molar-refractivity contribution in [3.63, 3.8) is 0 Å². The first-order valence-electron chi connectivity index (χ1n) is 14.3. The fourth-order valence-corrected chi connectivity index (χ4v) is 5.96. The van der Waals surface area contributed by atoms with Crippen molar-refractivity contribution < 1.29 is 34.0 Å². The van der Waals surface area contributed by atoms with Gasteiger partial charge in [-0.05, 0) is 30.4 Å². The van der Waals surface area contributed by atoms with Gasteiger partial charge >= 0.3 is 6.09 Å². The van der Waals surface area contributed by atoms with Crippen LogP contribution in [0.4, 0.5) is 4.79 Å². The number of hydrogen-bond acceptors (Lipinski definition) is 10. The van der Waals surface area contributed by atoms with Crippen molar-refractivity contribution in [1.29, 1.82) is 0 Å². The molecule has 1 aromatic carbocycles. The van der Waals surface area contributed by atoms with E-state index >= 15 is 0 Å². The van der Waals surface area contributed by atoms with E-state index < -0.39 is 23.7 Å². The molecule has 2 atom stereocenters. The fraction of sp³-hybridized carbons (Fsp3) is 0.533. The van der Waals surface area contributed by atoms with Gasteiger partial charge in [-0.15, -0.1) is 0 Å². The number of nitrogens with zero attached hydrogens (tertiary/aromatic N) is 5. The predicted octanol–water partition coefficient (Wildman–Crippen LogP) is 4.43. The Balaban J connectivity index is 1.23. The summed E-state index contributed by atoms with van der Waals surface area (Å²) in [5.41, 5.74) is 1.25. The highest BCUT2D eigenvalue weighted by molar-refractivity contribution is 6.33. The second-order valence-electron chi connectivity index (χ2n) is 11.9. The summed E-state index contributed by atoms with van der Waals surface area (Å²) in [4.78, 5) is 29.7. The van der Waals surface area contributed by atoms with Gasteiger partial charge in [0.05, 0.1) is 41.8 Å². The molecule has 2 aromatic heterocycles. The zero-order chi connectivity index (χ0) is 30.7. The average molecular weight is 616 g/mol. The molecule has 43 heavy (non-hydrogen) atoms. The zero-order valence-electron chi connectivity index (χ0n) is 24.8. The van der Waals surface area contributed by atoms with Gasteiger partial charge in [0.15, 0.2) is 17.2 Å². The number of rotatable bonds is 9. The highest BCUT2D eigenvalue weighted by Gasteiger charge is 2.41. The number of hydrogen-bond donors (Lipinski definition) is 2. The topological polar surface area (TPSA) is 140 Å². The summed E-state index contributed by atoms with van der Waals surface area (Å²) in [5.74, 6) is 1.81. The van der Waals surface area contributed by atoms with E-state index in [0.717, 1.165) is 0 Å². The number of aliphatic hydroxyl groups is 1. The van der Waals surface area contributed by atoms with Gasteiger partial charge in [0.2, 0.25) is 5.88 Å². The van der Waals surface area contributed by atoms with E-state index in [2.05, 4.69) is 19.9 Å². The summed E-state index contributed by atoms with van der Waals surface area (Å²) in [6.45, 7) is 8.54. The van der Waals surface area contributed by atoms with Crippen molar-refractivity contribution >= 4 is 28.7 Å². The fourth-order valence-electron chi connectivity index (χ4n) is 5.75. The first-order valence-corrected chi connectivity index (χ1v) is 14.7. The molecule has 13 heteroatoms. The number of carbonyl (C=O) groups is 1. The maximum absolute atomic E-state index is 12.7. The second-order valence-corrected chi connectivity index (χ2v) is 12.3. The molecular weight excluding hydrogens is 578 g/mol. The molecule has 0 saturated carbocycles. The van der Waals surface area contributed by atoms with E-state index in [0.29, 0.717) is 90.6 Å². The lowest BCUT2D eigenvalue weighted by molar-refractivity contribution is 0.0144. The summed E-state index contributed by atoms with van der Waals surface area (Å²) < 4.78 is 22.5. The third-order valence-corrected chi connectivity index (χ3v) is 8.00. The van der Waals surface area contributed by atoms with Crippen LogP contribution in [-0.2, 0) is 0 Å². The molecule has 2 unspecified atom stereocenters. The minimum absolute atomic E-state index is 0.000778. The molecule has 0 radical (unpaired) electrons. The number of likely N-dealkylation sites (tertiary alicyclic amines) is 1. The van der Waals surface area contributed by atoms with Crippen LogP contribution in [0, 0.1) is 5.41 Å². The van der Waals surface area contributed by atoms with Crippen LogP contribution in [0.15, 0.2) is 30.6 Å². The minimum Gasteiger partial charge on any atom is -0.487 e. The normalized spacial score (nSPS) is 17.3. The van der Waals surface area contributed by atoms with Crippen molar-refractivity contribution in [3.8, 4) is 23.1 Å². The third-order valence-electron chi connectivity index (χ3n) is 7.70. The molecule has 4 heterocycles. The summed E-state index contributed by atoms with van der Waals surface area (Å²) in [6.07, 6.45) is 2.56. The molecule has 2 aliphatic rings. The molecule has 232 valence electrons. The van der Waals surface area contributed by atoms with Crippen molar-refractivity contribution in [3.05, 3.63) is 41.3 Å². The lowest BCUT2D eigenvalue weighted by atomic mass is 9.82. The molecule has 0 spiro atoms. The summed E-state index contributed by atoms with van der Waals surface area (Å²) in [6, 6.07) is 4.51. The Morgan fingerprint density at radius 3 is 2.56 bits per heavy atom. The van der Waals surface area contributed by atoms with E-state index in [-0.39, 0.29) is 12.6 Å². The van der Waals surface area contributed by atoms with Crippen LogP contribution in [0.25, 0.3) is 11.0 Å². The second kappa shape index (κ2) is 12.9. The number of fused-ring (bicyclic) bond motifs is 2. The van der Waals surface area contributed by atoms with E-state index in [9.17, 15) is 15.0 Å². The van der Waals surface area contributed by atoms with Gasteiger partial charge in [-0.1, -0.05) is 32.4 Å². The lowest BCUT2D eigenvalue weighted by Gasteiger charge is -2.45. The molecule has 12 nitrogen and oxygen atoms in total. The molecule has 5 rings (SSSR count). The highest BCUT2D eigenvalue weighted by atomic mass is 35.5. The van der Waals surface area contributed by atoms with Crippen LogP contribution >= 0.6 is 11.6 Å². The maximum Gasteiger partial charge on any atom is 0.408 e. The molecule has 1 saturated heterocycles. The van der Waals surface area contributed by atoms with E-state index in [1.165, 1.54) is 13.3 Å². The number of aliphatic hydroxyl groups excluding tert-OH is 1. The van der Waals surface area contributed by atoms with Gasteiger partial charge in [-0.25, -0.2) is 14.8 Å². The molecular formula is C30H38ClN5O7. The van der Waals surface area contributed by atoms with E-state index in [4.69, 9.17) is 30.5 Å². The SMILES string of the molecule is COc1cnc2ccc(Cl)c(OCC(O)CN3CCC(N(C(=O)O)C(c4cc5c(cn4)OCCO5)C(C)(C)C)CC3)c2n1. The number of aromatic nitrogens is 3. The summed E-state index contributed by atoms with van der Waals surface area (Å²) in [7, 11) is 1.50. The van der Waals surface area contributed by atoms with Crippen molar-refractivity contribution in [1.82, 2.24) is 24.8 Å². The van der Waals surface area contributed by atoms with Crippen molar-refractivity contribution in [2.75, 3.05) is 46.6 Å². The summed E-state index contributed by atoms with van der Waals surface area (Å²) >= 11 is 6.39.